The Morgan fingerprint density at radius 3 is 2.59 bits per heavy atom. The third-order valence-electron chi connectivity index (χ3n) is 2.74. The highest BCUT2D eigenvalue weighted by atomic mass is 79.9. The smallest absolute Gasteiger partial charge is 0.254 e. The maximum absolute atomic E-state index is 12.0. The first-order chi connectivity index (χ1) is 7.84. The molecule has 0 saturated carbocycles. The van der Waals surface area contributed by atoms with Gasteiger partial charge in [0.25, 0.3) is 5.91 Å². The number of amides is 1. The van der Waals surface area contributed by atoms with Gasteiger partial charge in [-0.05, 0) is 24.8 Å². The Kier molecular flexibility index (Phi) is 4.80. The number of carbonyl (C=O) groups excluding carboxylic acids is 1. The van der Waals surface area contributed by atoms with Crippen molar-refractivity contribution in [2.45, 2.75) is 40.2 Å². The SMILES string of the molecule is Cc1cc(C(=O)NC(CCBr)C(C)(C)C)co1. The summed E-state index contributed by atoms with van der Waals surface area (Å²) in [6.45, 7) is 8.21. The Labute approximate surface area is 111 Å². The number of hydrogen-bond donors (Lipinski definition) is 1. The number of halogens is 1. The summed E-state index contributed by atoms with van der Waals surface area (Å²) in [4.78, 5) is 12.0. The zero-order valence-electron chi connectivity index (χ0n) is 10.8. The molecule has 1 rings (SSSR count). The van der Waals surface area contributed by atoms with Crippen LogP contribution in [0.2, 0.25) is 0 Å². The second-order valence-electron chi connectivity index (χ2n) is 5.32. The average Bonchev–Trinajstić information content (AvgIpc) is 2.62. The molecule has 0 saturated heterocycles. The van der Waals surface area contributed by atoms with E-state index in [1.807, 2.05) is 6.92 Å². The van der Waals surface area contributed by atoms with E-state index in [4.69, 9.17) is 4.42 Å². The summed E-state index contributed by atoms with van der Waals surface area (Å²) in [5.41, 5.74) is 0.633. The van der Waals surface area contributed by atoms with Gasteiger partial charge in [0, 0.05) is 11.4 Å². The molecule has 1 heterocycles. The molecular formula is C13H20BrNO2. The van der Waals surface area contributed by atoms with Gasteiger partial charge in [-0.15, -0.1) is 0 Å². The summed E-state index contributed by atoms with van der Waals surface area (Å²) in [7, 11) is 0. The highest BCUT2D eigenvalue weighted by Gasteiger charge is 2.26. The van der Waals surface area contributed by atoms with Crippen LogP contribution in [-0.2, 0) is 0 Å². The predicted molar refractivity (Wildman–Crippen MR) is 72.6 cm³/mol. The summed E-state index contributed by atoms with van der Waals surface area (Å²) in [5, 5.41) is 3.93. The van der Waals surface area contributed by atoms with Crippen LogP contribution in [0.4, 0.5) is 0 Å². The number of hydrogen-bond acceptors (Lipinski definition) is 2. The fourth-order valence-corrected chi connectivity index (χ4v) is 2.09. The quantitative estimate of drug-likeness (QED) is 0.865. The lowest BCUT2D eigenvalue weighted by molar-refractivity contribution is 0.0900. The van der Waals surface area contributed by atoms with Crippen LogP contribution in [0.15, 0.2) is 16.7 Å². The van der Waals surface area contributed by atoms with Gasteiger partial charge in [0.15, 0.2) is 0 Å². The zero-order chi connectivity index (χ0) is 13.1. The molecule has 0 fully saturated rings. The van der Waals surface area contributed by atoms with Gasteiger partial charge in [0.1, 0.15) is 12.0 Å². The highest BCUT2D eigenvalue weighted by Crippen LogP contribution is 2.23. The molecule has 0 aliphatic rings. The Morgan fingerprint density at radius 1 is 1.53 bits per heavy atom. The summed E-state index contributed by atoms with van der Waals surface area (Å²) in [6, 6.07) is 1.90. The summed E-state index contributed by atoms with van der Waals surface area (Å²) in [6.07, 6.45) is 2.41. The Bertz CT molecular complexity index is 379. The molecule has 1 unspecified atom stereocenters. The molecule has 1 N–H and O–H groups in total. The fraction of sp³-hybridized carbons (Fsp3) is 0.615. The fourth-order valence-electron chi connectivity index (χ4n) is 1.63. The zero-order valence-corrected chi connectivity index (χ0v) is 12.4. The second kappa shape index (κ2) is 5.71. The molecule has 3 nitrogen and oxygen atoms in total. The van der Waals surface area contributed by atoms with Crippen molar-refractivity contribution in [2.24, 2.45) is 5.41 Å². The lowest BCUT2D eigenvalue weighted by Crippen LogP contribution is -2.43. The standard InChI is InChI=1S/C13H20BrNO2/c1-9-7-10(8-17-9)12(16)15-11(5-6-14)13(2,3)4/h7-8,11H,5-6H2,1-4H3,(H,15,16). The first-order valence-corrected chi connectivity index (χ1v) is 6.88. The van der Waals surface area contributed by atoms with Crippen LogP contribution in [0, 0.1) is 12.3 Å². The first kappa shape index (κ1) is 14.3. The molecule has 1 atom stereocenters. The minimum Gasteiger partial charge on any atom is -0.469 e. The minimum atomic E-state index is -0.0669. The normalized spacial score (nSPS) is 13.5. The molecule has 96 valence electrons. The van der Waals surface area contributed by atoms with Crippen molar-refractivity contribution in [1.82, 2.24) is 5.32 Å². The summed E-state index contributed by atoms with van der Waals surface area (Å²) in [5.74, 6) is 0.686. The first-order valence-electron chi connectivity index (χ1n) is 5.76. The van der Waals surface area contributed by atoms with Crippen molar-refractivity contribution in [2.75, 3.05) is 5.33 Å². The third kappa shape index (κ3) is 4.19. The lowest BCUT2D eigenvalue weighted by atomic mass is 9.85. The molecule has 0 spiro atoms. The van der Waals surface area contributed by atoms with Crippen LogP contribution >= 0.6 is 15.9 Å². The molecular weight excluding hydrogens is 282 g/mol. The second-order valence-corrected chi connectivity index (χ2v) is 6.11. The Morgan fingerprint density at radius 2 is 2.18 bits per heavy atom. The van der Waals surface area contributed by atoms with Gasteiger partial charge in [0.05, 0.1) is 5.56 Å². The summed E-state index contributed by atoms with van der Waals surface area (Å²) >= 11 is 3.42. The molecule has 4 heteroatoms. The van der Waals surface area contributed by atoms with Crippen molar-refractivity contribution in [3.8, 4) is 0 Å². The number of aryl methyl sites for hydroxylation is 1. The largest absolute Gasteiger partial charge is 0.469 e. The van der Waals surface area contributed by atoms with E-state index in [0.29, 0.717) is 5.56 Å². The van der Waals surface area contributed by atoms with Gasteiger partial charge in [-0.1, -0.05) is 36.7 Å². The number of nitrogens with one attached hydrogen (secondary N) is 1. The van der Waals surface area contributed by atoms with E-state index in [0.717, 1.165) is 17.5 Å². The lowest BCUT2D eigenvalue weighted by Gasteiger charge is -2.31. The van der Waals surface area contributed by atoms with E-state index in [1.165, 1.54) is 6.26 Å². The highest BCUT2D eigenvalue weighted by molar-refractivity contribution is 9.09. The maximum atomic E-state index is 12.0. The van der Waals surface area contributed by atoms with Crippen LogP contribution < -0.4 is 5.32 Å². The van der Waals surface area contributed by atoms with Gasteiger partial charge in [-0.2, -0.15) is 0 Å². The number of alkyl halides is 1. The Hall–Kier alpha value is -0.770. The van der Waals surface area contributed by atoms with Gasteiger partial charge in [-0.3, -0.25) is 4.79 Å². The number of rotatable bonds is 4. The van der Waals surface area contributed by atoms with Crippen LogP contribution in [0.1, 0.15) is 43.3 Å². The van der Waals surface area contributed by atoms with E-state index >= 15 is 0 Å². The molecule has 1 amide bonds. The van der Waals surface area contributed by atoms with Crippen molar-refractivity contribution in [1.29, 1.82) is 0 Å². The minimum absolute atomic E-state index is 0.0439. The molecule has 0 aliphatic carbocycles. The van der Waals surface area contributed by atoms with Crippen LogP contribution in [-0.4, -0.2) is 17.3 Å². The van der Waals surface area contributed by atoms with E-state index in [9.17, 15) is 4.79 Å². The van der Waals surface area contributed by atoms with Crippen LogP contribution in [0.5, 0.6) is 0 Å². The van der Waals surface area contributed by atoms with E-state index in [1.54, 1.807) is 6.07 Å². The van der Waals surface area contributed by atoms with Gasteiger partial charge in [-0.25, -0.2) is 0 Å². The number of furan rings is 1. The monoisotopic (exact) mass is 301 g/mol. The van der Waals surface area contributed by atoms with Crippen LogP contribution in [0.25, 0.3) is 0 Å². The molecule has 0 aliphatic heterocycles. The maximum Gasteiger partial charge on any atom is 0.254 e. The summed E-state index contributed by atoms with van der Waals surface area (Å²) < 4.78 is 5.14. The third-order valence-corrected chi connectivity index (χ3v) is 3.20. The van der Waals surface area contributed by atoms with E-state index in [2.05, 4.69) is 42.0 Å². The van der Waals surface area contributed by atoms with Crippen molar-refractivity contribution < 1.29 is 9.21 Å². The van der Waals surface area contributed by atoms with Gasteiger partial charge in [0.2, 0.25) is 0 Å². The van der Waals surface area contributed by atoms with Crippen molar-refractivity contribution in [3.05, 3.63) is 23.7 Å². The molecule has 0 bridgehead atoms. The van der Waals surface area contributed by atoms with Crippen molar-refractivity contribution >= 4 is 21.8 Å². The van der Waals surface area contributed by atoms with E-state index < -0.39 is 0 Å². The predicted octanol–water partition coefficient (Wildman–Crippen LogP) is 3.52. The number of carbonyl (C=O) groups is 1. The average molecular weight is 302 g/mol. The molecule has 0 radical (unpaired) electrons. The van der Waals surface area contributed by atoms with Crippen molar-refractivity contribution in [3.63, 3.8) is 0 Å². The van der Waals surface area contributed by atoms with Gasteiger partial charge >= 0.3 is 0 Å². The molecule has 1 aromatic rings. The van der Waals surface area contributed by atoms with Gasteiger partial charge < -0.3 is 9.73 Å². The Balaban J connectivity index is 2.71. The molecule has 17 heavy (non-hydrogen) atoms. The molecule has 0 aromatic carbocycles. The topological polar surface area (TPSA) is 42.2 Å². The van der Waals surface area contributed by atoms with Crippen LogP contribution in [0.3, 0.4) is 0 Å². The molecule has 1 aromatic heterocycles. The van der Waals surface area contributed by atoms with E-state index in [-0.39, 0.29) is 17.4 Å².